The average molecular weight is 314 g/mol. The Bertz CT molecular complexity index is 604. The number of hydrogen-bond donors (Lipinski definition) is 2. The molecule has 0 bridgehead atoms. The number of hydrogen-bond acceptors (Lipinski definition) is 4. The summed E-state index contributed by atoms with van der Waals surface area (Å²) in [4.78, 5) is 0.175. The number of rotatable bonds is 6. The molecule has 0 spiro atoms. The highest BCUT2D eigenvalue weighted by atomic mass is 32.2. The molecule has 7 heteroatoms. The lowest BCUT2D eigenvalue weighted by Crippen LogP contribution is -2.49. The molecule has 3 N–H and O–H groups in total. The molecule has 1 saturated carbocycles. The molecule has 0 heterocycles. The van der Waals surface area contributed by atoms with E-state index in [9.17, 15) is 8.42 Å². The van der Waals surface area contributed by atoms with Crippen LogP contribution in [0.5, 0.6) is 0 Å². The number of ether oxygens (including phenoxy) is 1. The van der Waals surface area contributed by atoms with Gasteiger partial charge in [-0.3, -0.25) is 0 Å². The lowest BCUT2D eigenvalue weighted by atomic mass is 9.80. The molecule has 2 rings (SSSR count). The van der Waals surface area contributed by atoms with Gasteiger partial charge in [-0.15, -0.1) is 0 Å². The summed E-state index contributed by atoms with van der Waals surface area (Å²) in [6.45, 7) is 0.261. The highest BCUT2D eigenvalue weighted by molar-refractivity contribution is 7.89. The molecule has 0 aromatic heterocycles. The fourth-order valence-electron chi connectivity index (χ4n) is 2.23. The predicted molar refractivity (Wildman–Crippen MR) is 81.1 cm³/mol. The minimum atomic E-state index is -3.65. The Morgan fingerprint density at radius 3 is 2.60 bits per heavy atom. The quantitative estimate of drug-likeness (QED) is 0.770. The minimum absolute atomic E-state index is 0.0658. The molecule has 20 heavy (non-hydrogen) atoms. The fraction of sp³-hybridized carbons (Fsp3) is 0.462. The number of thiocarbonyl (C=S) groups is 1. The van der Waals surface area contributed by atoms with Crippen molar-refractivity contribution in [2.45, 2.75) is 29.8 Å². The molecule has 0 saturated heterocycles. The van der Waals surface area contributed by atoms with Crippen molar-refractivity contribution in [3.8, 4) is 0 Å². The Morgan fingerprint density at radius 1 is 1.45 bits per heavy atom. The third-order valence-corrected chi connectivity index (χ3v) is 5.40. The van der Waals surface area contributed by atoms with Gasteiger partial charge in [-0.05, 0) is 25.3 Å². The van der Waals surface area contributed by atoms with Crippen molar-refractivity contribution in [3.63, 3.8) is 0 Å². The molecule has 1 aliphatic carbocycles. The van der Waals surface area contributed by atoms with E-state index in [1.165, 1.54) is 6.07 Å². The van der Waals surface area contributed by atoms with Crippen molar-refractivity contribution in [2.24, 2.45) is 5.73 Å². The van der Waals surface area contributed by atoms with E-state index in [0.717, 1.165) is 19.3 Å². The summed E-state index contributed by atoms with van der Waals surface area (Å²) in [5, 5.41) is 0. The van der Waals surface area contributed by atoms with Gasteiger partial charge in [0, 0.05) is 19.2 Å². The Hall–Kier alpha value is -1.02. The van der Waals surface area contributed by atoms with Crippen LogP contribution in [0.25, 0.3) is 0 Å². The van der Waals surface area contributed by atoms with E-state index in [-0.39, 0.29) is 22.0 Å². The molecular formula is C13H18N2O3S2. The van der Waals surface area contributed by atoms with Gasteiger partial charge in [0.05, 0.1) is 10.5 Å². The number of nitrogens with one attached hydrogen (secondary N) is 1. The normalized spacial score (nSPS) is 17.4. The number of nitrogens with two attached hydrogens (primary N) is 1. The molecule has 0 radical (unpaired) electrons. The van der Waals surface area contributed by atoms with Gasteiger partial charge in [-0.2, -0.15) is 0 Å². The highest BCUT2D eigenvalue weighted by Crippen LogP contribution is 2.34. The molecule has 0 amide bonds. The first-order valence-electron chi connectivity index (χ1n) is 6.34. The molecule has 0 unspecified atom stereocenters. The molecule has 1 fully saturated rings. The zero-order valence-electron chi connectivity index (χ0n) is 11.3. The van der Waals surface area contributed by atoms with Gasteiger partial charge in [0.2, 0.25) is 10.0 Å². The van der Waals surface area contributed by atoms with E-state index < -0.39 is 10.0 Å². The van der Waals surface area contributed by atoms with Gasteiger partial charge < -0.3 is 10.5 Å². The zero-order valence-corrected chi connectivity index (χ0v) is 12.9. The molecule has 0 aliphatic heterocycles. The molecule has 1 aromatic rings. The smallest absolute Gasteiger partial charge is 0.241 e. The molecule has 0 atom stereocenters. The summed E-state index contributed by atoms with van der Waals surface area (Å²) in [6.07, 6.45) is 2.78. The maximum Gasteiger partial charge on any atom is 0.241 e. The SMILES string of the molecule is COC1(CNS(=O)(=O)c2ccccc2C(N)=S)CCC1. The number of benzene rings is 1. The second-order valence-electron chi connectivity index (χ2n) is 4.93. The Labute approximate surface area is 124 Å². The Morgan fingerprint density at radius 2 is 2.10 bits per heavy atom. The third kappa shape index (κ3) is 3.01. The van der Waals surface area contributed by atoms with Crippen LogP contribution < -0.4 is 10.5 Å². The lowest BCUT2D eigenvalue weighted by Gasteiger charge is -2.40. The third-order valence-electron chi connectivity index (χ3n) is 3.72. The standard InChI is InChI=1S/C13H18N2O3S2/c1-18-13(7-4-8-13)9-15-20(16,17)11-6-3-2-5-10(11)12(14)19/h2-3,5-6,15H,4,7-9H2,1H3,(H2,14,19). The van der Waals surface area contributed by atoms with Crippen LogP contribution in [0, 0.1) is 0 Å². The maximum atomic E-state index is 12.4. The van der Waals surface area contributed by atoms with Gasteiger partial charge in [-0.25, -0.2) is 13.1 Å². The summed E-state index contributed by atoms with van der Waals surface area (Å²) >= 11 is 4.89. The molecule has 5 nitrogen and oxygen atoms in total. The topological polar surface area (TPSA) is 81.4 Å². The van der Waals surface area contributed by atoms with Gasteiger partial charge in [-0.1, -0.05) is 30.4 Å². The van der Waals surface area contributed by atoms with E-state index in [0.29, 0.717) is 5.56 Å². The van der Waals surface area contributed by atoms with E-state index in [4.69, 9.17) is 22.7 Å². The number of sulfonamides is 1. The van der Waals surface area contributed by atoms with Crippen molar-refractivity contribution in [1.29, 1.82) is 0 Å². The lowest BCUT2D eigenvalue weighted by molar-refractivity contribution is -0.0659. The van der Waals surface area contributed by atoms with Crippen molar-refractivity contribution < 1.29 is 13.2 Å². The van der Waals surface area contributed by atoms with E-state index in [1.807, 2.05) is 0 Å². The van der Waals surface area contributed by atoms with Crippen LogP contribution in [0.4, 0.5) is 0 Å². The fourth-order valence-corrected chi connectivity index (χ4v) is 3.81. The second-order valence-corrected chi connectivity index (χ2v) is 7.10. The van der Waals surface area contributed by atoms with Crippen LogP contribution in [0.15, 0.2) is 29.2 Å². The maximum absolute atomic E-state index is 12.4. The highest BCUT2D eigenvalue weighted by Gasteiger charge is 2.38. The van der Waals surface area contributed by atoms with Crippen LogP contribution in [0.1, 0.15) is 24.8 Å². The van der Waals surface area contributed by atoms with Crippen molar-refractivity contribution in [3.05, 3.63) is 29.8 Å². The van der Waals surface area contributed by atoms with Crippen LogP contribution in [-0.2, 0) is 14.8 Å². The first kappa shape index (κ1) is 15.4. The second kappa shape index (κ2) is 5.77. The monoisotopic (exact) mass is 314 g/mol. The van der Waals surface area contributed by atoms with E-state index >= 15 is 0 Å². The minimum Gasteiger partial charge on any atom is -0.389 e. The van der Waals surface area contributed by atoms with E-state index in [1.54, 1.807) is 25.3 Å². The van der Waals surface area contributed by atoms with E-state index in [2.05, 4.69) is 4.72 Å². The first-order valence-corrected chi connectivity index (χ1v) is 8.23. The van der Waals surface area contributed by atoms with Gasteiger partial charge in [0.25, 0.3) is 0 Å². The first-order chi connectivity index (χ1) is 9.40. The Kier molecular flexibility index (Phi) is 4.43. The summed E-state index contributed by atoms with van der Waals surface area (Å²) in [5.74, 6) is 0. The van der Waals surface area contributed by atoms with Gasteiger partial charge in [0.1, 0.15) is 4.99 Å². The summed E-state index contributed by atoms with van der Waals surface area (Å²) in [7, 11) is -2.05. The number of methoxy groups -OCH3 is 1. The molecule has 1 aliphatic rings. The van der Waals surface area contributed by atoms with Crippen LogP contribution in [-0.4, -0.2) is 32.7 Å². The molecule has 1 aromatic carbocycles. The summed E-state index contributed by atoms with van der Waals surface area (Å²) in [5.41, 5.74) is 5.56. The molecular weight excluding hydrogens is 296 g/mol. The summed E-state index contributed by atoms with van der Waals surface area (Å²) in [6, 6.07) is 6.45. The molecule has 110 valence electrons. The van der Waals surface area contributed by atoms with Crippen molar-refractivity contribution >= 4 is 27.2 Å². The van der Waals surface area contributed by atoms with Crippen LogP contribution in [0.3, 0.4) is 0 Å². The zero-order chi connectivity index (χ0) is 14.8. The van der Waals surface area contributed by atoms with Crippen molar-refractivity contribution in [1.82, 2.24) is 4.72 Å². The summed E-state index contributed by atoms with van der Waals surface area (Å²) < 4.78 is 32.8. The Balaban J connectivity index is 2.21. The van der Waals surface area contributed by atoms with Crippen LogP contribution >= 0.6 is 12.2 Å². The largest absolute Gasteiger partial charge is 0.389 e. The van der Waals surface area contributed by atoms with Crippen LogP contribution in [0.2, 0.25) is 0 Å². The van der Waals surface area contributed by atoms with Gasteiger partial charge in [0.15, 0.2) is 0 Å². The average Bonchev–Trinajstić information content (AvgIpc) is 2.38. The van der Waals surface area contributed by atoms with Gasteiger partial charge >= 0.3 is 0 Å². The van der Waals surface area contributed by atoms with Crippen molar-refractivity contribution in [2.75, 3.05) is 13.7 Å². The predicted octanol–water partition coefficient (Wildman–Crippen LogP) is 1.17.